The van der Waals surface area contributed by atoms with E-state index in [2.05, 4.69) is 20.4 Å². The molecule has 3 aromatic rings. The van der Waals surface area contributed by atoms with Crippen molar-refractivity contribution in [3.63, 3.8) is 0 Å². The summed E-state index contributed by atoms with van der Waals surface area (Å²) in [5.41, 5.74) is 1.73. The summed E-state index contributed by atoms with van der Waals surface area (Å²) in [6.07, 6.45) is 4.97. The van der Waals surface area contributed by atoms with Gasteiger partial charge in [0.25, 0.3) is 0 Å². The van der Waals surface area contributed by atoms with Gasteiger partial charge in [-0.05, 0) is 45.4 Å². The highest BCUT2D eigenvalue weighted by atomic mass is 19.2. The maximum absolute atomic E-state index is 13.5. The van der Waals surface area contributed by atoms with E-state index in [9.17, 15) is 18.0 Å². The Bertz CT molecular complexity index is 1190. The van der Waals surface area contributed by atoms with Crippen LogP contribution >= 0.6 is 0 Å². The first-order chi connectivity index (χ1) is 16.2. The third-order valence-corrected chi connectivity index (χ3v) is 5.72. The van der Waals surface area contributed by atoms with Crippen molar-refractivity contribution in [1.82, 2.24) is 19.7 Å². The van der Waals surface area contributed by atoms with Gasteiger partial charge >= 0.3 is 0 Å². The highest BCUT2D eigenvalue weighted by molar-refractivity contribution is 6.04. The Morgan fingerprint density at radius 2 is 1.80 bits per heavy atom. The highest BCUT2D eigenvalue weighted by Crippen LogP contribution is 2.35. The molecule has 0 bridgehead atoms. The molecule has 8 nitrogen and oxygen atoms in total. The van der Waals surface area contributed by atoms with E-state index in [0.29, 0.717) is 30.5 Å². The van der Waals surface area contributed by atoms with E-state index in [-0.39, 0.29) is 37.5 Å². The monoisotopic (exact) mass is 489 g/mol. The molecule has 35 heavy (non-hydrogen) atoms. The Kier molecular flexibility index (Phi) is 7.67. The van der Waals surface area contributed by atoms with Crippen LogP contribution < -0.4 is 15.1 Å². The van der Waals surface area contributed by atoms with Crippen LogP contribution in [0.5, 0.6) is 0 Å². The fourth-order valence-corrected chi connectivity index (χ4v) is 4.15. The Morgan fingerprint density at radius 3 is 2.43 bits per heavy atom. The van der Waals surface area contributed by atoms with Crippen molar-refractivity contribution in [1.29, 1.82) is 0 Å². The number of halogens is 3. The molecule has 1 N–H and O–H groups in total. The maximum atomic E-state index is 13.5. The minimum Gasteiger partial charge on any atom is -0.350 e. The molecule has 0 fully saturated rings. The second-order valence-electron chi connectivity index (χ2n) is 8.44. The van der Waals surface area contributed by atoms with Crippen molar-refractivity contribution < 1.29 is 18.0 Å². The topological polar surface area (TPSA) is 79.2 Å². The van der Waals surface area contributed by atoms with Gasteiger partial charge in [0.1, 0.15) is 11.7 Å². The molecular formula is C24H30F3N7O. The number of hydrogen-bond donors (Lipinski definition) is 1. The second kappa shape index (κ2) is 10.3. The summed E-state index contributed by atoms with van der Waals surface area (Å²) in [4.78, 5) is 25.5. The number of benzene rings is 1. The van der Waals surface area contributed by atoms with Gasteiger partial charge in [-0.2, -0.15) is 10.1 Å². The van der Waals surface area contributed by atoms with Gasteiger partial charge < -0.3 is 15.1 Å². The van der Waals surface area contributed by atoms with Gasteiger partial charge in [0, 0.05) is 30.9 Å². The fourth-order valence-electron chi connectivity index (χ4n) is 4.15. The number of nitrogens with one attached hydrogen (secondary N) is 1. The van der Waals surface area contributed by atoms with Gasteiger partial charge in [0.05, 0.1) is 18.9 Å². The molecular weight excluding hydrogens is 459 g/mol. The molecule has 11 heteroatoms. The molecule has 0 radical (unpaired) electrons. The molecule has 0 unspecified atom stereocenters. The average molecular weight is 490 g/mol. The summed E-state index contributed by atoms with van der Waals surface area (Å²) < 4.78 is 41.6. The Balaban J connectivity index is 0.00000342. The number of carbonyl (C=O) groups excluding carboxylic acids is 1. The van der Waals surface area contributed by atoms with E-state index in [4.69, 9.17) is 0 Å². The van der Waals surface area contributed by atoms with E-state index < -0.39 is 17.5 Å². The molecule has 0 spiro atoms. The number of rotatable bonds is 7. The summed E-state index contributed by atoms with van der Waals surface area (Å²) in [5.74, 6) is -2.85. The highest BCUT2D eigenvalue weighted by Gasteiger charge is 2.37. The van der Waals surface area contributed by atoms with Crippen molar-refractivity contribution in [2.45, 2.75) is 60.3 Å². The van der Waals surface area contributed by atoms with E-state index in [1.54, 1.807) is 23.5 Å². The zero-order valence-corrected chi connectivity index (χ0v) is 19.4. The number of likely N-dealkylation sites (N-methyl/N-ethyl adjacent to an activating group) is 1. The Morgan fingerprint density at radius 1 is 1.11 bits per heavy atom. The van der Waals surface area contributed by atoms with Crippen LogP contribution in [0.2, 0.25) is 0 Å². The summed E-state index contributed by atoms with van der Waals surface area (Å²) in [6.45, 7) is 8.78. The summed E-state index contributed by atoms with van der Waals surface area (Å²) in [5, 5.41) is 7.35. The summed E-state index contributed by atoms with van der Waals surface area (Å²) in [6, 6.07) is 1.63. The molecule has 0 aliphatic carbocycles. The molecule has 1 amide bonds. The number of fused-ring (bicyclic) bond motifs is 1. The number of hydrogen-bond acceptors (Lipinski definition) is 6. The van der Waals surface area contributed by atoms with Gasteiger partial charge in [0.15, 0.2) is 23.3 Å². The molecule has 2 aromatic heterocycles. The molecule has 188 valence electrons. The number of nitrogens with zero attached hydrogens (tertiary/aromatic N) is 6. The predicted molar refractivity (Wildman–Crippen MR) is 129 cm³/mol. The maximum Gasteiger partial charge on any atom is 0.249 e. The molecule has 3 heterocycles. The molecule has 0 saturated heterocycles. The first kappa shape index (κ1) is 26.0. The number of anilines is 3. The zero-order valence-electron chi connectivity index (χ0n) is 19.4. The summed E-state index contributed by atoms with van der Waals surface area (Å²) >= 11 is 0. The van der Waals surface area contributed by atoms with Gasteiger partial charge in [-0.15, -0.1) is 0 Å². The zero-order chi connectivity index (χ0) is 24.6. The lowest BCUT2D eigenvalue weighted by Crippen LogP contribution is -2.54. The van der Waals surface area contributed by atoms with Gasteiger partial charge in [-0.3, -0.25) is 9.48 Å². The fraction of sp³-hybridized carbons (Fsp3) is 0.417. The minimum absolute atomic E-state index is 0. The van der Waals surface area contributed by atoms with E-state index in [1.807, 2.05) is 32.6 Å². The molecule has 1 atom stereocenters. The summed E-state index contributed by atoms with van der Waals surface area (Å²) in [7, 11) is 0. The van der Waals surface area contributed by atoms with Crippen LogP contribution in [0, 0.1) is 17.5 Å². The largest absolute Gasteiger partial charge is 0.350 e. The molecule has 0 saturated carbocycles. The predicted octanol–water partition coefficient (Wildman–Crippen LogP) is 4.36. The first-order valence-electron chi connectivity index (χ1n) is 11.0. The smallest absolute Gasteiger partial charge is 0.249 e. The normalized spacial score (nSPS) is 15.3. The third-order valence-electron chi connectivity index (χ3n) is 5.72. The second-order valence-corrected chi connectivity index (χ2v) is 8.44. The van der Waals surface area contributed by atoms with Crippen molar-refractivity contribution >= 4 is 23.4 Å². The van der Waals surface area contributed by atoms with Gasteiger partial charge in [-0.1, -0.05) is 7.43 Å². The van der Waals surface area contributed by atoms with Crippen molar-refractivity contribution in [2.75, 3.05) is 21.7 Å². The van der Waals surface area contributed by atoms with Crippen molar-refractivity contribution in [2.24, 2.45) is 0 Å². The minimum atomic E-state index is -1.49. The van der Waals surface area contributed by atoms with Crippen LogP contribution in [0.25, 0.3) is 0 Å². The van der Waals surface area contributed by atoms with Gasteiger partial charge in [0.2, 0.25) is 11.9 Å². The quantitative estimate of drug-likeness (QED) is 0.497. The van der Waals surface area contributed by atoms with Gasteiger partial charge in [-0.25, -0.2) is 18.2 Å². The third kappa shape index (κ3) is 5.08. The van der Waals surface area contributed by atoms with Crippen LogP contribution in [0.1, 0.15) is 46.2 Å². The molecule has 4 rings (SSSR count). The van der Waals surface area contributed by atoms with Crippen molar-refractivity contribution in [3.05, 3.63) is 59.3 Å². The van der Waals surface area contributed by atoms with Crippen LogP contribution in [-0.2, 0) is 17.9 Å². The van der Waals surface area contributed by atoms with Crippen LogP contribution in [-0.4, -0.2) is 44.3 Å². The van der Waals surface area contributed by atoms with Crippen LogP contribution in [0.3, 0.4) is 0 Å². The Labute approximate surface area is 202 Å². The van der Waals surface area contributed by atoms with Crippen molar-refractivity contribution in [3.8, 4) is 0 Å². The molecule has 1 aliphatic rings. The number of amides is 1. The SMILES string of the molecule is C.CCN1C(=O)[C@H](C)N(C(C)C)c2nc(NCc3cnn(Cc4cc(F)c(F)c(F)c4)c3)ncc21. The molecule has 1 aliphatic heterocycles. The molecule has 1 aromatic carbocycles. The lowest BCUT2D eigenvalue weighted by atomic mass is 10.1. The average Bonchev–Trinajstić information content (AvgIpc) is 3.24. The lowest BCUT2D eigenvalue weighted by Gasteiger charge is -2.42. The number of carbonyl (C=O) groups is 1. The van der Waals surface area contributed by atoms with E-state index in [0.717, 1.165) is 17.7 Å². The number of aromatic nitrogens is 4. The standard InChI is InChI=1S/C23H26F3N7O.CH4/c1-5-32-19-10-28-23(30-21(19)33(13(2)3)14(4)22(32)34)27-8-16-9-29-31(12-16)11-15-6-17(24)20(26)18(25)7-15;/h6-7,9-10,12-14H,5,8,11H2,1-4H3,(H,27,28,30);1H4/t14-;/m0./s1. The van der Waals surface area contributed by atoms with Crippen LogP contribution in [0.4, 0.5) is 30.6 Å². The lowest BCUT2D eigenvalue weighted by molar-refractivity contribution is -0.120. The first-order valence-corrected chi connectivity index (χ1v) is 11.0. The Hall–Kier alpha value is -3.63. The van der Waals surface area contributed by atoms with E-state index in [1.165, 1.54) is 4.68 Å². The van der Waals surface area contributed by atoms with E-state index >= 15 is 0 Å². The van der Waals surface area contributed by atoms with Crippen LogP contribution in [0.15, 0.2) is 30.7 Å².